The Balaban J connectivity index is 1.69. The van der Waals surface area contributed by atoms with Crippen molar-refractivity contribution in [1.29, 1.82) is 0 Å². The minimum atomic E-state index is -0.562. The number of thiazole rings is 1. The fraction of sp³-hybridized carbons (Fsp3) is 0.133. The molecule has 23 heavy (non-hydrogen) atoms. The fourth-order valence-electron chi connectivity index (χ4n) is 2.12. The molecule has 0 aliphatic carbocycles. The van der Waals surface area contributed by atoms with Crippen LogP contribution < -0.4 is 10.6 Å². The summed E-state index contributed by atoms with van der Waals surface area (Å²) in [4.78, 5) is 28.2. The van der Waals surface area contributed by atoms with E-state index in [2.05, 4.69) is 15.6 Å². The summed E-state index contributed by atoms with van der Waals surface area (Å²) < 4.78 is 15.4. The molecule has 0 unspecified atom stereocenters. The van der Waals surface area contributed by atoms with Crippen LogP contribution in [0.25, 0.3) is 4.96 Å². The molecule has 0 fully saturated rings. The Morgan fingerprint density at radius 3 is 2.91 bits per heavy atom. The van der Waals surface area contributed by atoms with Crippen LogP contribution in [0.1, 0.15) is 12.6 Å². The number of hydrogen-bond acceptors (Lipinski definition) is 4. The summed E-state index contributed by atoms with van der Waals surface area (Å²) in [6.45, 7) is 1.29. The van der Waals surface area contributed by atoms with Crippen molar-refractivity contribution in [2.45, 2.75) is 13.3 Å². The third-order valence-corrected chi connectivity index (χ3v) is 3.82. The Bertz CT molecular complexity index is 858. The second-order valence-corrected chi connectivity index (χ2v) is 5.80. The van der Waals surface area contributed by atoms with Gasteiger partial charge in [-0.15, -0.1) is 11.3 Å². The van der Waals surface area contributed by atoms with Crippen LogP contribution in [0.4, 0.5) is 15.8 Å². The molecular formula is C15H13FN4O2S. The van der Waals surface area contributed by atoms with Crippen LogP contribution >= 0.6 is 11.3 Å². The number of anilines is 2. The molecule has 2 N–H and O–H groups in total. The number of hydrogen-bond donors (Lipinski definition) is 2. The van der Waals surface area contributed by atoms with E-state index < -0.39 is 5.82 Å². The topological polar surface area (TPSA) is 75.5 Å². The first-order valence-corrected chi connectivity index (χ1v) is 7.67. The maximum Gasteiger partial charge on any atom is 0.230 e. The monoisotopic (exact) mass is 332 g/mol. The molecule has 0 radical (unpaired) electrons. The highest BCUT2D eigenvalue weighted by Crippen LogP contribution is 2.20. The Hall–Kier alpha value is -2.74. The third kappa shape index (κ3) is 3.54. The molecule has 6 nitrogen and oxygen atoms in total. The SMILES string of the molecule is CC(=O)Nc1cc(NC(=O)Cc2cn3ccsc3n2)ccc1F. The molecule has 0 saturated carbocycles. The van der Waals surface area contributed by atoms with Gasteiger partial charge in [-0.2, -0.15) is 0 Å². The van der Waals surface area contributed by atoms with E-state index in [0.717, 1.165) is 4.96 Å². The Labute approximate surface area is 135 Å². The van der Waals surface area contributed by atoms with Crippen molar-refractivity contribution in [2.24, 2.45) is 0 Å². The summed E-state index contributed by atoms with van der Waals surface area (Å²) in [7, 11) is 0. The zero-order chi connectivity index (χ0) is 16.4. The third-order valence-electron chi connectivity index (χ3n) is 3.05. The van der Waals surface area contributed by atoms with Gasteiger partial charge in [-0.3, -0.25) is 14.0 Å². The lowest BCUT2D eigenvalue weighted by atomic mass is 10.2. The maximum atomic E-state index is 13.6. The van der Waals surface area contributed by atoms with Gasteiger partial charge < -0.3 is 10.6 Å². The number of aromatic nitrogens is 2. The zero-order valence-electron chi connectivity index (χ0n) is 12.2. The predicted octanol–water partition coefficient (Wildman–Crippen LogP) is 2.67. The molecule has 0 bridgehead atoms. The molecule has 0 spiro atoms. The van der Waals surface area contributed by atoms with Crippen molar-refractivity contribution in [3.8, 4) is 0 Å². The van der Waals surface area contributed by atoms with Crippen molar-refractivity contribution in [3.05, 3.63) is 47.5 Å². The first kappa shape index (κ1) is 15.2. The van der Waals surface area contributed by atoms with Gasteiger partial charge in [0, 0.05) is 30.4 Å². The Morgan fingerprint density at radius 1 is 1.35 bits per heavy atom. The second kappa shape index (κ2) is 6.17. The number of nitrogens with one attached hydrogen (secondary N) is 2. The number of imidazole rings is 1. The molecule has 2 amide bonds. The van der Waals surface area contributed by atoms with E-state index in [1.54, 1.807) is 6.20 Å². The Kier molecular flexibility index (Phi) is 4.07. The van der Waals surface area contributed by atoms with Crippen LogP contribution in [-0.2, 0) is 16.0 Å². The van der Waals surface area contributed by atoms with E-state index in [9.17, 15) is 14.0 Å². The van der Waals surface area contributed by atoms with E-state index in [1.807, 2.05) is 16.0 Å². The molecule has 118 valence electrons. The van der Waals surface area contributed by atoms with E-state index in [1.165, 1.54) is 36.5 Å². The lowest BCUT2D eigenvalue weighted by molar-refractivity contribution is -0.116. The van der Waals surface area contributed by atoms with Crippen LogP contribution in [0, 0.1) is 5.82 Å². The van der Waals surface area contributed by atoms with E-state index >= 15 is 0 Å². The summed E-state index contributed by atoms with van der Waals surface area (Å²) in [5, 5.41) is 6.95. The lowest BCUT2D eigenvalue weighted by Crippen LogP contribution is -2.15. The number of benzene rings is 1. The predicted molar refractivity (Wildman–Crippen MR) is 86.1 cm³/mol. The van der Waals surface area contributed by atoms with Crippen LogP contribution in [0.5, 0.6) is 0 Å². The molecule has 0 saturated heterocycles. The molecule has 1 aromatic carbocycles. The normalized spacial score (nSPS) is 10.7. The minimum Gasteiger partial charge on any atom is -0.326 e. The van der Waals surface area contributed by atoms with Gasteiger partial charge in [0.15, 0.2) is 4.96 Å². The van der Waals surface area contributed by atoms with Gasteiger partial charge >= 0.3 is 0 Å². The van der Waals surface area contributed by atoms with Crippen molar-refractivity contribution in [3.63, 3.8) is 0 Å². The smallest absolute Gasteiger partial charge is 0.230 e. The number of carbonyl (C=O) groups excluding carboxylic acids is 2. The van der Waals surface area contributed by atoms with Crippen LogP contribution in [0.3, 0.4) is 0 Å². The van der Waals surface area contributed by atoms with E-state index in [0.29, 0.717) is 11.4 Å². The molecule has 3 rings (SSSR count). The second-order valence-electron chi connectivity index (χ2n) is 4.93. The highest BCUT2D eigenvalue weighted by atomic mass is 32.1. The summed E-state index contributed by atoms with van der Waals surface area (Å²) in [6.07, 6.45) is 3.77. The number of carbonyl (C=O) groups is 2. The molecule has 3 aromatic rings. The van der Waals surface area contributed by atoms with Gasteiger partial charge in [0.2, 0.25) is 11.8 Å². The number of amides is 2. The largest absolute Gasteiger partial charge is 0.326 e. The molecular weight excluding hydrogens is 319 g/mol. The van der Waals surface area contributed by atoms with Crippen molar-refractivity contribution in [2.75, 3.05) is 10.6 Å². The summed E-state index contributed by atoms with van der Waals surface area (Å²) in [6, 6.07) is 4.00. The van der Waals surface area contributed by atoms with Gasteiger partial charge in [-0.1, -0.05) is 0 Å². The van der Waals surface area contributed by atoms with Crippen LogP contribution in [0.2, 0.25) is 0 Å². The molecule has 2 heterocycles. The highest BCUT2D eigenvalue weighted by molar-refractivity contribution is 7.15. The maximum absolute atomic E-state index is 13.6. The van der Waals surface area contributed by atoms with E-state index in [-0.39, 0.29) is 23.9 Å². The first-order chi connectivity index (χ1) is 11.0. The van der Waals surface area contributed by atoms with E-state index in [4.69, 9.17) is 0 Å². The molecule has 2 aromatic heterocycles. The Morgan fingerprint density at radius 2 is 2.17 bits per heavy atom. The average molecular weight is 332 g/mol. The van der Waals surface area contributed by atoms with Gasteiger partial charge in [0.1, 0.15) is 5.82 Å². The summed E-state index contributed by atoms with van der Waals surface area (Å²) in [5.74, 6) is -1.21. The molecule has 0 aliphatic rings. The van der Waals surface area contributed by atoms with Crippen LogP contribution in [-0.4, -0.2) is 21.2 Å². The molecule has 0 aliphatic heterocycles. The van der Waals surface area contributed by atoms with Gasteiger partial charge in [0.05, 0.1) is 17.8 Å². The highest BCUT2D eigenvalue weighted by Gasteiger charge is 2.10. The van der Waals surface area contributed by atoms with Crippen molar-refractivity contribution < 1.29 is 14.0 Å². The molecule has 8 heteroatoms. The van der Waals surface area contributed by atoms with Gasteiger partial charge in [-0.05, 0) is 18.2 Å². The number of nitrogens with zero attached hydrogens (tertiary/aromatic N) is 2. The van der Waals surface area contributed by atoms with Crippen LogP contribution in [0.15, 0.2) is 36.0 Å². The van der Waals surface area contributed by atoms with Gasteiger partial charge in [0.25, 0.3) is 0 Å². The lowest BCUT2D eigenvalue weighted by Gasteiger charge is -2.08. The van der Waals surface area contributed by atoms with Crippen molar-refractivity contribution in [1.82, 2.24) is 9.38 Å². The molecule has 0 atom stereocenters. The van der Waals surface area contributed by atoms with Gasteiger partial charge in [-0.25, -0.2) is 9.37 Å². The average Bonchev–Trinajstić information content (AvgIpc) is 3.03. The van der Waals surface area contributed by atoms with Crippen molar-refractivity contribution >= 4 is 39.5 Å². The fourth-order valence-corrected chi connectivity index (χ4v) is 2.84. The first-order valence-electron chi connectivity index (χ1n) is 6.79. The number of fused-ring (bicyclic) bond motifs is 1. The summed E-state index contributed by atoms with van der Waals surface area (Å²) >= 11 is 1.49. The minimum absolute atomic E-state index is 0.0257. The number of rotatable bonds is 4. The standard InChI is InChI=1S/C15H13FN4O2S/c1-9(21)17-13-6-10(2-3-12(13)16)18-14(22)7-11-8-20-4-5-23-15(20)19-11/h2-6,8H,7H2,1H3,(H,17,21)(H,18,22). The number of halogens is 1. The zero-order valence-corrected chi connectivity index (χ0v) is 13.0. The quantitative estimate of drug-likeness (QED) is 0.771. The summed E-state index contributed by atoms with van der Waals surface area (Å²) in [5.41, 5.74) is 1.08.